The van der Waals surface area contributed by atoms with Crippen LogP contribution >= 0.6 is 11.8 Å². The van der Waals surface area contributed by atoms with Gasteiger partial charge in [-0.25, -0.2) is 0 Å². The van der Waals surface area contributed by atoms with Crippen LogP contribution < -0.4 is 0 Å². The van der Waals surface area contributed by atoms with Gasteiger partial charge in [-0.3, -0.25) is 0 Å². The van der Waals surface area contributed by atoms with Crippen LogP contribution in [0.15, 0.2) is 24.3 Å². The number of benzene rings is 1. The van der Waals surface area contributed by atoms with Crippen molar-refractivity contribution in [3.05, 3.63) is 35.4 Å². The Balaban J connectivity index is 1.39. The highest BCUT2D eigenvalue weighted by atomic mass is 32.2. The normalized spacial score (nSPS) is 21.8. The molecule has 3 rings (SSSR count). The lowest BCUT2D eigenvalue weighted by molar-refractivity contribution is -0.137. The van der Waals surface area contributed by atoms with Crippen LogP contribution in [0.3, 0.4) is 0 Å². The maximum absolute atomic E-state index is 12.5. The van der Waals surface area contributed by atoms with Crippen LogP contribution in [0.4, 0.5) is 13.2 Å². The lowest BCUT2D eigenvalue weighted by atomic mass is 9.74. The second kappa shape index (κ2) is 6.44. The van der Waals surface area contributed by atoms with Gasteiger partial charge in [-0.15, -0.1) is 0 Å². The van der Waals surface area contributed by atoms with Crippen molar-refractivity contribution in [1.29, 1.82) is 0 Å². The predicted octanol–water partition coefficient (Wildman–Crippen LogP) is 4.47. The number of alkyl halides is 3. The molecular weight excluding hydrogens is 307 g/mol. The van der Waals surface area contributed by atoms with Crippen LogP contribution in [-0.4, -0.2) is 36.0 Å². The van der Waals surface area contributed by atoms with Crippen LogP contribution in [-0.2, 0) is 12.6 Å². The third-order valence-electron chi connectivity index (χ3n) is 4.89. The van der Waals surface area contributed by atoms with E-state index in [1.54, 1.807) is 12.1 Å². The van der Waals surface area contributed by atoms with E-state index in [9.17, 15) is 13.2 Å². The molecule has 0 aromatic heterocycles. The van der Waals surface area contributed by atoms with Crippen molar-refractivity contribution in [1.82, 2.24) is 4.90 Å². The molecule has 1 aromatic rings. The number of hydrogen-bond acceptors (Lipinski definition) is 2. The number of hydrogen-bond donors (Lipinski definition) is 0. The van der Waals surface area contributed by atoms with Gasteiger partial charge in [0, 0.05) is 13.1 Å². The predicted molar refractivity (Wildman–Crippen MR) is 85.2 cm³/mol. The topological polar surface area (TPSA) is 3.24 Å². The highest BCUT2D eigenvalue weighted by Crippen LogP contribution is 2.42. The number of rotatable bonds is 4. The molecule has 0 bridgehead atoms. The van der Waals surface area contributed by atoms with Crippen molar-refractivity contribution >= 4 is 11.8 Å². The largest absolute Gasteiger partial charge is 0.416 e. The van der Waals surface area contributed by atoms with Gasteiger partial charge < -0.3 is 4.90 Å². The van der Waals surface area contributed by atoms with E-state index in [0.717, 1.165) is 24.9 Å². The van der Waals surface area contributed by atoms with E-state index in [2.05, 4.69) is 16.7 Å². The quantitative estimate of drug-likeness (QED) is 0.802. The Labute approximate surface area is 134 Å². The maximum Gasteiger partial charge on any atom is 0.416 e. The minimum atomic E-state index is -4.23. The molecule has 2 saturated heterocycles. The zero-order valence-corrected chi connectivity index (χ0v) is 13.5. The molecule has 5 heteroatoms. The Bertz CT molecular complexity index is 484. The molecule has 0 amide bonds. The van der Waals surface area contributed by atoms with Gasteiger partial charge in [0.05, 0.1) is 5.56 Å². The van der Waals surface area contributed by atoms with E-state index >= 15 is 0 Å². The molecule has 0 N–H and O–H groups in total. The van der Waals surface area contributed by atoms with E-state index in [1.165, 1.54) is 49.6 Å². The summed E-state index contributed by atoms with van der Waals surface area (Å²) in [5, 5.41) is 0. The summed E-state index contributed by atoms with van der Waals surface area (Å²) in [5.74, 6) is 2.61. The molecule has 2 fully saturated rings. The van der Waals surface area contributed by atoms with E-state index in [0.29, 0.717) is 5.41 Å². The van der Waals surface area contributed by atoms with Crippen molar-refractivity contribution in [2.24, 2.45) is 5.41 Å². The minimum absolute atomic E-state index is 0.559. The monoisotopic (exact) mass is 329 g/mol. The van der Waals surface area contributed by atoms with Gasteiger partial charge in [-0.2, -0.15) is 24.9 Å². The fraction of sp³-hybridized carbons (Fsp3) is 0.647. The molecule has 122 valence electrons. The van der Waals surface area contributed by atoms with Gasteiger partial charge in [0.1, 0.15) is 0 Å². The highest BCUT2D eigenvalue weighted by molar-refractivity contribution is 7.99. The van der Waals surface area contributed by atoms with E-state index in [4.69, 9.17) is 0 Å². The summed E-state index contributed by atoms with van der Waals surface area (Å²) in [5.41, 5.74) is 1.04. The first-order chi connectivity index (χ1) is 10.5. The first-order valence-electron chi connectivity index (χ1n) is 7.93. The lowest BCUT2D eigenvalue weighted by Gasteiger charge is -2.52. The van der Waals surface area contributed by atoms with Gasteiger partial charge in [0.15, 0.2) is 0 Å². The third kappa shape index (κ3) is 3.80. The van der Waals surface area contributed by atoms with Crippen LogP contribution in [0.2, 0.25) is 0 Å². The van der Waals surface area contributed by atoms with Crippen molar-refractivity contribution < 1.29 is 13.2 Å². The Kier molecular flexibility index (Phi) is 4.74. The van der Waals surface area contributed by atoms with Gasteiger partial charge >= 0.3 is 6.18 Å². The zero-order valence-electron chi connectivity index (χ0n) is 12.7. The average Bonchev–Trinajstić information content (AvgIpc) is 2.46. The van der Waals surface area contributed by atoms with Crippen LogP contribution in [0.1, 0.15) is 30.4 Å². The molecule has 0 atom stereocenters. The van der Waals surface area contributed by atoms with E-state index in [-0.39, 0.29) is 0 Å². The summed E-state index contributed by atoms with van der Waals surface area (Å²) in [7, 11) is 0. The maximum atomic E-state index is 12.5. The summed E-state index contributed by atoms with van der Waals surface area (Å²) in [6.07, 6.45) is 0.358. The Hall–Kier alpha value is -0.680. The summed E-state index contributed by atoms with van der Waals surface area (Å²) >= 11 is 2.07. The smallest absolute Gasteiger partial charge is 0.302 e. The molecule has 2 heterocycles. The fourth-order valence-electron chi connectivity index (χ4n) is 3.55. The minimum Gasteiger partial charge on any atom is -0.302 e. The van der Waals surface area contributed by atoms with E-state index < -0.39 is 11.7 Å². The summed E-state index contributed by atoms with van der Waals surface area (Å²) in [6, 6.07) is 5.60. The Morgan fingerprint density at radius 1 is 1.05 bits per heavy atom. The Morgan fingerprint density at radius 2 is 1.68 bits per heavy atom. The average molecular weight is 329 g/mol. The number of nitrogens with zero attached hydrogens (tertiary/aromatic N) is 1. The first kappa shape index (κ1) is 16.2. The molecule has 2 aliphatic rings. The van der Waals surface area contributed by atoms with Crippen LogP contribution in [0.5, 0.6) is 0 Å². The number of likely N-dealkylation sites (tertiary alicyclic amines) is 1. The molecule has 1 spiro atoms. The van der Waals surface area contributed by atoms with Crippen LogP contribution in [0.25, 0.3) is 0 Å². The first-order valence-corrected chi connectivity index (χ1v) is 9.09. The molecular formula is C17H22F3NS. The summed E-state index contributed by atoms with van der Waals surface area (Å²) in [4.78, 5) is 2.50. The zero-order chi connectivity index (χ0) is 15.6. The summed E-state index contributed by atoms with van der Waals surface area (Å²) in [6.45, 7) is 3.51. The highest BCUT2D eigenvalue weighted by Gasteiger charge is 2.42. The molecule has 1 nitrogen and oxygen atoms in total. The molecule has 0 aliphatic carbocycles. The third-order valence-corrected chi connectivity index (χ3v) is 5.88. The molecule has 1 aromatic carbocycles. The van der Waals surface area contributed by atoms with Crippen molar-refractivity contribution in [2.75, 3.05) is 31.1 Å². The van der Waals surface area contributed by atoms with Crippen LogP contribution in [0, 0.1) is 5.41 Å². The second-order valence-corrected chi connectivity index (χ2v) is 7.85. The SMILES string of the molecule is FC(F)(F)c1ccc(CCCN2CC3(CCSCC3)C2)cc1. The molecule has 0 saturated carbocycles. The van der Waals surface area contributed by atoms with Gasteiger partial charge in [0.25, 0.3) is 0 Å². The molecule has 0 radical (unpaired) electrons. The lowest BCUT2D eigenvalue weighted by Crippen LogP contribution is -2.57. The molecule has 22 heavy (non-hydrogen) atoms. The number of thioether (sulfide) groups is 1. The van der Waals surface area contributed by atoms with Crippen molar-refractivity contribution in [3.8, 4) is 0 Å². The van der Waals surface area contributed by atoms with E-state index in [1.807, 2.05) is 0 Å². The molecule has 0 unspecified atom stereocenters. The van der Waals surface area contributed by atoms with Gasteiger partial charge in [0.2, 0.25) is 0 Å². The Morgan fingerprint density at radius 3 is 2.27 bits per heavy atom. The fourth-order valence-corrected chi connectivity index (χ4v) is 4.91. The van der Waals surface area contributed by atoms with Gasteiger partial charge in [-0.1, -0.05) is 12.1 Å². The second-order valence-electron chi connectivity index (χ2n) is 6.62. The van der Waals surface area contributed by atoms with Crippen molar-refractivity contribution in [3.63, 3.8) is 0 Å². The van der Waals surface area contributed by atoms with Gasteiger partial charge in [-0.05, 0) is 66.8 Å². The standard InChI is InChI=1S/C17H22F3NS/c18-17(19,20)15-5-3-14(4-6-15)2-1-9-21-12-16(13-21)7-10-22-11-8-16/h3-6H,1-2,7-13H2. The number of halogens is 3. The summed E-state index contributed by atoms with van der Waals surface area (Å²) < 4.78 is 37.5. The van der Waals surface area contributed by atoms with Crippen molar-refractivity contribution in [2.45, 2.75) is 31.9 Å². The number of aryl methyl sites for hydroxylation is 1. The molecule has 2 aliphatic heterocycles.